The highest BCUT2D eigenvalue weighted by molar-refractivity contribution is 6.73. The van der Waals surface area contributed by atoms with Crippen molar-refractivity contribution >= 4 is 8.48 Å². The molecule has 0 saturated heterocycles. The maximum atomic E-state index is 5.79. The summed E-state index contributed by atoms with van der Waals surface area (Å²) in [5.74, 6) is 0. The van der Waals surface area contributed by atoms with Crippen molar-refractivity contribution in [3.8, 4) is 0 Å². The molecule has 2 nitrogen and oxygen atoms in total. The normalized spacial score (nSPS) is 23.8. The highest BCUT2D eigenvalue weighted by Gasteiger charge is 2.43. The van der Waals surface area contributed by atoms with Gasteiger partial charge in [0.25, 0.3) is 8.48 Å². The highest BCUT2D eigenvalue weighted by Crippen LogP contribution is 2.35. The van der Waals surface area contributed by atoms with Gasteiger partial charge in [-0.1, -0.05) is 33.6 Å². The topological polar surface area (TPSA) is 21.3 Å². The van der Waals surface area contributed by atoms with Crippen molar-refractivity contribution in [2.45, 2.75) is 64.1 Å². The fraction of sp³-hybridized carbons (Fsp3) is 1.00. The third-order valence-corrected chi connectivity index (χ3v) is 8.31. The second kappa shape index (κ2) is 4.33. The van der Waals surface area contributed by atoms with Crippen molar-refractivity contribution in [3.63, 3.8) is 0 Å². The van der Waals surface area contributed by atoms with Crippen molar-refractivity contribution < 1.29 is 4.43 Å². The standard InChI is InChI=1S/C11H25NOSi/c1-11(2,3)14(5,13-4)12-10-8-6-7-9-10/h10,12H,6-9H2,1-5H3. The molecule has 84 valence electrons. The van der Waals surface area contributed by atoms with E-state index >= 15 is 0 Å². The SMILES string of the molecule is CO[Si](C)(NC1CCCC1)C(C)(C)C. The Morgan fingerprint density at radius 3 is 2.07 bits per heavy atom. The summed E-state index contributed by atoms with van der Waals surface area (Å²) in [5, 5.41) is 0.268. The Morgan fingerprint density at radius 1 is 1.21 bits per heavy atom. The lowest BCUT2D eigenvalue weighted by Gasteiger charge is -2.40. The second-order valence-electron chi connectivity index (χ2n) is 5.61. The summed E-state index contributed by atoms with van der Waals surface area (Å²) in [4.78, 5) is 3.80. The molecule has 1 fully saturated rings. The van der Waals surface area contributed by atoms with Crippen LogP contribution in [0.4, 0.5) is 0 Å². The van der Waals surface area contributed by atoms with Crippen molar-refractivity contribution in [1.29, 1.82) is 0 Å². The van der Waals surface area contributed by atoms with Crippen LogP contribution in [0.1, 0.15) is 46.5 Å². The number of rotatable bonds is 3. The summed E-state index contributed by atoms with van der Waals surface area (Å²) >= 11 is 0. The summed E-state index contributed by atoms with van der Waals surface area (Å²) in [6.07, 6.45) is 5.44. The van der Waals surface area contributed by atoms with Crippen molar-refractivity contribution in [1.82, 2.24) is 4.98 Å². The predicted molar refractivity (Wildman–Crippen MR) is 63.7 cm³/mol. The van der Waals surface area contributed by atoms with Gasteiger partial charge in [0.15, 0.2) is 0 Å². The average molecular weight is 215 g/mol. The van der Waals surface area contributed by atoms with Gasteiger partial charge in [0, 0.05) is 13.2 Å². The summed E-state index contributed by atoms with van der Waals surface area (Å²) in [6, 6.07) is 0.714. The van der Waals surface area contributed by atoms with Gasteiger partial charge in [0.1, 0.15) is 0 Å². The van der Waals surface area contributed by atoms with Gasteiger partial charge in [-0.3, -0.25) is 0 Å². The van der Waals surface area contributed by atoms with Crippen LogP contribution in [0.3, 0.4) is 0 Å². The zero-order valence-corrected chi connectivity index (χ0v) is 11.3. The third-order valence-electron chi connectivity index (χ3n) is 3.67. The molecule has 0 spiro atoms. The van der Waals surface area contributed by atoms with Crippen molar-refractivity contribution in [3.05, 3.63) is 0 Å². The van der Waals surface area contributed by atoms with Crippen LogP contribution in [0.15, 0.2) is 0 Å². The van der Waals surface area contributed by atoms with E-state index in [2.05, 4.69) is 32.3 Å². The third kappa shape index (κ3) is 2.58. The lowest BCUT2D eigenvalue weighted by molar-refractivity contribution is 0.340. The molecular formula is C11H25NOSi. The maximum Gasteiger partial charge on any atom is 0.270 e. The summed E-state index contributed by atoms with van der Waals surface area (Å²) in [6.45, 7) is 9.14. The Hall–Kier alpha value is 0.137. The first-order valence-corrected chi connectivity index (χ1v) is 8.13. The van der Waals surface area contributed by atoms with E-state index in [9.17, 15) is 0 Å². The molecule has 14 heavy (non-hydrogen) atoms. The van der Waals surface area contributed by atoms with Crippen LogP contribution in [-0.2, 0) is 4.43 Å². The van der Waals surface area contributed by atoms with E-state index in [0.29, 0.717) is 6.04 Å². The summed E-state index contributed by atoms with van der Waals surface area (Å²) in [7, 11) is 0.121. The van der Waals surface area contributed by atoms with Gasteiger partial charge < -0.3 is 9.41 Å². The van der Waals surface area contributed by atoms with Crippen LogP contribution < -0.4 is 4.98 Å². The molecule has 1 N–H and O–H groups in total. The molecule has 1 atom stereocenters. The highest BCUT2D eigenvalue weighted by atomic mass is 28.4. The van der Waals surface area contributed by atoms with Crippen LogP contribution in [0.25, 0.3) is 0 Å². The van der Waals surface area contributed by atoms with E-state index in [0.717, 1.165) is 0 Å². The smallest absolute Gasteiger partial charge is 0.270 e. The average Bonchev–Trinajstić information content (AvgIpc) is 2.54. The first-order chi connectivity index (χ1) is 6.39. The van der Waals surface area contributed by atoms with Gasteiger partial charge in [-0.05, 0) is 24.4 Å². The molecule has 0 radical (unpaired) electrons. The lowest BCUT2D eigenvalue weighted by Crippen LogP contribution is -2.59. The number of nitrogens with one attached hydrogen (secondary N) is 1. The fourth-order valence-electron chi connectivity index (χ4n) is 2.04. The van der Waals surface area contributed by atoms with Crippen LogP contribution in [-0.4, -0.2) is 21.6 Å². The first-order valence-electron chi connectivity index (χ1n) is 5.72. The number of hydrogen-bond donors (Lipinski definition) is 1. The monoisotopic (exact) mass is 215 g/mol. The van der Waals surface area contributed by atoms with Crippen molar-refractivity contribution in [2.24, 2.45) is 0 Å². The quantitative estimate of drug-likeness (QED) is 0.731. The maximum absolute atomic E-state index is 5.79. The van der Waals surface area contributed by atoms with Crippen LogP contribution in [0.5, 0.6) is 0 Å². The van der Waals surface area contributed by atoms with Gasteiger partial charge in [0.2, 0.25) is 0 Å². The minimum absolute atomic E-state index is 0.268. The molecule has 0 bridgehead atoms. The van der Waals surface area contributed by atoms with E-state index in [1.807, 2.05) is 7.11 Å². The largest absolute Gasteiger partial charge is 0.406 e. The Labute approximate surface area is 89.6 Å². The van der Waals surface area contributed by atoms with Gasteiger partial charge in [-0.15, -0.1) is 0 Å². The van der Waals surface area contributed by atoms with Gasteiger partial charge in [-0.2, -0.15) is 0 Å². The van der Waals surface area contributed by atoms with E-state index in [-0.39, 0.29) is 5.04 Å². The van der Waals surface area contributed by atoms with E-state index in [1.165, 1.54) is 25.7 Å². The van der Waals surface area contributed by atoms with E-state index in [4.69, 9.17) is 4.43 Å². The molecule has 0 aromatic heterocycles. The molecule has 1 unspecified atom stereocenters. The number of hydrogen-bond acceptors (Lipinski definition) is 2. The molecule has 1 aliphatic rings. The Kier molecular flexibility index (Phi) is 3.78. The first kappa shape index (κ1) is 12.2. The van der Waals surface area contributed by atoms with Gasteiger partial charge in [0.05, 0.1) is 0 Å². The predicted octanol–water partition coefficient (Wildman–Crippen LogP) is 3.04. The summed E-state index contributed by atoms with van der Waals surface area (Å²) < 4.78 is 5.79. The molecule has 3 heteroatoms. The molecular weight excluding hydrogens is 190 g/mol. The minimum atomic E-state index is -1.74. The molecule has 0 heterocycles. The van der Waals surface area contributed by atoms with Gasteiger partial charge >= 0.3 is 0 Å². The molecule has 1 rings (SSSR count). The Balaban J connectivity index is 2.60. The minimum Gasteiger partial charge on any atom is -0.406 e. The lowest BCUT2D eigenvalue weighted by atomic mass is 10.2. The van der Waals surface area contributed by atoms with Gasteiger partial charge in [-0.25, -0.2) is 0 Å². The van der Waals surface area contributed by atoms with Crippen LogP contribution >= 0.6 is 0 Å². The molecule has 1 saturated carbocycles. The fourth-order valence-corrected chi connectivity index (χ4v) is 4.27. The molecule has 0 amide bonds. The van der Waals surface area contributed by atoms with Crippen LogP contribution in [0.2, 0.25) is 11.6 Å². The summed E-state index contributed by atoms with van der Waals surface area (Å²) in [5.41, 5.74) is 0. The second-order valence-corrected chi connectivity index (χ2v) is 9.88. The van der Waals surface area contributed by atoms with Crippen molar-refractivity contribution in [2.75, 3.05) is 7.11 Å². The van der Waals surface area contributed by atoms with E-state index in [1.54, 1.807) is 0 Å². The molecule has 1 aliphatic carbocycles. The molecule has 0 aliphatic heterocycles. The molecule has 0 aromatic carbocycles. The zero-order chi connectivity index (χ0) is 10.8. The zero-order valence-electron chi connectivity index (χ0n) is 10.3. The molecule has 0 aromatic rings. The van der Waals surface area contributed by atoms with Crippen LogP contribution in [0, 0.1) is 0 Å². The Morgan fingerprint density at radius 2 is 1.71 bits per heavy atom. The van der Waals surface area contributed by atoms with E-state index < -0.39 is 8.48 Å². The Bertz CT molecular complexity index is 184.